The smallest absolute Gasteiger partial charge is 0.411 e. The number of ketones is 1. The lowest BCUT2D eigenvalue weighted by molar-refractivity contribution is -0.432. The van der Waals surface area contributed by atoms with Crippen LogP contribution in [0.25, 0.3) is 11.1 Å². The summed E-state index contributed by atoms with van der Waals surface area (Å²) in [6, 6.07) is 27.0. The van der Waals surface area contributed by atoms with Crippen LogP contribution in [0.5, 0.6) is 34.5 Å². The first-order valence-electron chi connectivity index (χ1n) is 25.7. The Kier molecular flexibility index (Phi) is 23.9. The lowest BCUT2D eigenvalue weighted by Crippen LogP contribution is -2.54. The van der Waals surface area contributed by atoms with E-state index >= 15 is 0 Å². The number of ether oxygens (including phenoxy) is 4. The molecule has 0 saturated carbocycles. The standard InChI is InChI=1S/C29H22F6O13S4.C28H24O12S3/c1-16-3-9-20(14-24(16)49-47-45-36)51(38,39)21-10-12-23(26(15-21)52(40,41)42)44-22-11-6-18(13-25(22)50-48-46-37)27(28(30,31)32,29(33,34)35)17-4-7-19(43-2)8-5-17;1-16-4-5-20(13-25(16)41-40-39-30)28(29)21-8-11-24(27(15-21)43(34,35)36)38-22-9-6-18(12-17(22)2)19-7-10-23(37-3)26(14-19)42(31,32)33/h3-15,36-37H,1-2H3,(H,40,41,42);4-15,30H,1-3H3,(H,31,32,33)(H,34,35,36). The molecule has 0 radical (unpaired) electrons. The van der Waals surface area contributed by atoms with Crippen molar-refractivity contribution in [1.82, 2.24) is 0 Å². The molecule has 8 rings (SSSR count). The number of carbonyl (C=O) groups excluding carboxylic acids is 1. The van der Waals surface area contributed by atoms with Gasteiger partial charge in [-0.05, 0) is 163 Å². The van der Waals surface area contributed by atoms with Crippen LogP contribution in [0.15, 0.2) is 191 Å². The number of benzene rings is 8. The molecule has 38 heteroatoms. The van der Waals surface area contributed by atoms with E-state index in [0.717, 1.165) is 49.6 Å². The van der Waals surface area contributed by atoms with Crippen molar-refractivity contribution < 1.29 is 141 Å². The van der Waals surface area contributed by atoms with E-state index in [2.05, 4.69) is 28.1 Å². The van der Waals surface area contributed by atoms with Crippen molar-refractivity contribution in [3.63, 3.8) is 0 Å². The fourth-order valence-corrected chi connectivity index (χ4v) is 13.8. The van der Waals surface area contributed by atoms with Crippen LogP contribution in [0, 0.1) is 20.8 Å². The molecule has 0 saturated heterocycles. The average Bonchev–Trinajstić information content (AvgIpc) is 0.717. The van der Waals surface area contributed by atoms with Gasteiger partial charge < -0.3 is 18.9 Å². The lowest BCUT2D eigenvalue weighted by atomic mass is 9.73. The monoisotopic (exact) mass is 1470 g/mol. The van der Waals surface area contributed by atoms with Gasteiger partial charge in [0, 0.05) is 20.9 Å². The molecule has 0 aromatic heterocycles. The van der Waals surface area contributed by atoms with Gasteiger partial charge in [0.15, 0.2) is 5.78 Å². The first-order chi connectivity index (χ1) is 44.4. The normalized spacial score (nSPS) is 12.4. The van der Waals surface area contributed by atoms with E-state index < -0.39 is 116 Å². The van der Waals surface area contributed by atoms with Gasteiger partial charge in [-0.25, -0.2) is 24.2 Å². The summed E-state index contributed by atoms with van der Waals surface area (Å²) in [6.45, 7) is 4.96. The summed E-state index contributed by atoms with van der Waals surface area (Å²) < 4.78 is 252. The summed E-state index contributed by atoms with van der Waals surface area (Å²) >= 11 is 0.950. The molecule has 6 N–H and O–H groups in total. The van der Waals surface area contributed by atoms with Crippen LogP contribution in [0.4, 0.5) is 26.3 Å². The third-order valence-corrected chi connectivity index (χ3v) is 20.0. The van der Waals surface area contributed by atoms with E-state index in [-0.39, 0.29) is 51.1 Å². The van der Waals surface area contributed by atoms with E-state index in [1.807, 2.05) is 0 Å². The van der Waals surface area contributed by atoms with Crippen LogP contribution < -0.4 is 18.9 Å². The number of carbonyl (C=O) groups is 1. The SMILES string of the molecule is COc1ccc(-c2ccc(Oc3ccc(C(=O)c4ccc(C)c(SOOO)c4)cc3S(=O)(=O)O)c(C)c2)cc1S(=O)(=O)O.COc1ccc(C(c2ccc(Oc3ccc(S(=O)(=O)c4ccc(C)c(SOOO)c4)cc3S(=O)(=O)O)c(SOOO)c2)(C(F)(F)F)C(F)(F)F)cc1. The van der Waals surface area contributed by atoms with Crippen LogP contribution >= 0.6 is 36.1 Å². The number of aryl methyl sites for hydroxylation is 3. The summed E-state index contributed by atoms with van der Waals surface area (Å²) in [5.74, 6) is -2.23. The predicted octanol–water partition coefficient (Wildman–Crippen LogP) is 14.1. The molecule has 0 fully saturated rings. The minimum absolute atomic E-state index is 0.0328. The molecule has 508 valence electrons. The minimum Gasteiger partial charge on any atom is -0.497 e. The molecule has 8 aromatic rings. The zero-order chi connectivity index (χ0) is 70.2. The minimum atomic E-state index is -6.03. The number of alkyl halides is 6. The molecular formula is C57H46F6O25S7. The molecular weight excluding hydrogens is 1420 g/mol. The topological polar surface area (TPSA) is 367 Å². The zero-order valence-corrected chi connectivity index (χ0v) is 54.2. The maximum atomic E-state index is 14.7. The molecule has 0 aliphatic rings. The molecule has 0 spiro atoms. The molecule has 0 amide bonds. The van der Waals surface area contributed by atoms with Crippen LogP contribution in [-0.2, 0) is 73.7 Å². The average molecular weight is 1470 g/mol. The highest BCUT2D eigenvalue weighted by Crippen LogP contribution is 2.57. The van der Waals surface area contributed by atoms with Crippen LogP contribution in [0.1, 0.15) is 43.7 Å². The third-order valence-electron chi connectivity index (χ3n) is 13.5. The van der Waals surface area contributed by atoms with Crippen molar-refractivity contribution in [1.29, 1.82) is 0 Å². The number of hydrogen-bond donors (Lipinski definition) is 6. The Morgan fingerprint density at radius 1 is 0.411 bits per heavy atom. The summed E-state index contributed by atoms with van der Waals surface area (Å²) in [5, 5.41) is 36.1. The molecule has 0 aliphatic carbocycles. The second-order valence-corrected chi connectivity index (χ2v) is 27.6. The first kappa shape index (κ1) is 75.0. The summed E-state index contributed by atoms with van der Waals surface area (Å²) in [5.41, 5.74) is -4.56. The Morgan fingerprint density at radius 2 is 0.832 bits per heavy atom. The van der Waals surface area contributed by atoms with Gasteiger partial charge in [-0.1, -0.05) is 63.6 Å². The van der Waals surface area contributed by atoms with E-state index in [9.17, 15) is 78.5 Å². The van der Waals surface area contributed by atoms with Gasteiger partial charge in [0.1, 0.15) is 49.2 Å². The molecule has 0 unspecified atom stereocenters. The number of rotatable bonds is 25. The highest BCUT2D eigenvalue weighted by atomic mass is 32.2. The fourth-order valence-electron chi connectivity index (χ4n) is 8.96. The van der Waals surface area contributed by atoms with Crippen molar-refractivity contribution in [2.75, 3.05) is 14.2 Å². The van der Waals surface area contributed by atoms with E-state index in [1.165, 1.54) is 55.6 Å². The molecule has 0 atom stereocenters. The van der Waals surface area contributed by atoms with Crippen molar-refractivity contribution in [2.24, 2.45) is 0 Å². The van der Waals surface area contributed by atoms with Gasteiger partial charge in [0.05, 0.1) is 65.0 Å². The molecule has 0 bridgehead atoms. The first-order valence-corrected chi connectivity index (χ1v) is 33.7. The van der Waals surface area contributed by atoms with Gasteiger partial charge in [0.2, 0.25) is 15.3 Å². The van der Waals surface area contributed by atoms with Crippen LogP contribution in [-0.4, -0.2) is 95.5 Å². The van der Waals surface area contributed by atoms with Gasteiger partial charge in [-0.15, -0.1) is 13.0 Å². The largest absolute Gasteiger partial charge is 0.497 e. The van der Waals surface area contributed by atoms with Gasteiger partial charge in [0.25, 0.3) is 30.4 Å². The summed E-state index contributed by atoms with van der Waals surface area (Å²) in [7, 11) is -16.9. The van der Waals surface area contributed by atoms with Crippen molar-refractivity contribution in [3.8, 4) is 45.6 Å². The second kappa shape index (κ2) is 30.3. The van der Waals surface area contributed by atoms with Crippen LogP contribution in [0.3, 0.4) is 0 Å². The summed E-state index contributed by atoms with van der Waals surface area (Å²) in [6.07, 6.45) is -12.1. The zero-order valence-electron chi connectivity index (χ0n) is 48.5. The summed E-state index contributed by atoms with van der Waals surface area (Å²) in [4.78, 5) is 9.65. The van der Waals surface area contributed by atoms with Gasteiger partial charge in [-0.2, -0.15) is 51.6 Å². The molecule has 25 nitrogen and oxygen atoms in total. The Labute approximate surface area is 548 Å². The quantitative estimate of drug-likeness (QED) is 0.00773. The molecule has 0 heterocycles. The van der Waals surface area contributed by atoms with Gasteiger partial charge in [-0.3, -0.25) is 18.5 Å². The fraction of sp³-hybridized carbons (Fsp3) is 0.140. The van der Waals surface area contributed by atoms with E-state index in [0.29, 0.717) is 93.2 Å². The number of methoxy groups -OCH3 is 2. The van der Waals surface area contributed by atoms with Crippen molar-refractivity contribution in [3.05, 3.63) is 191 Å². The van der Waals surface area contributed by atoms with Crippen LogP contribution in [0.2, 0.25) is 0 Å². The van der Waals surface area contributed by atoms with E-state index in [4.69, 9.17) is 34.7 Å². The molecule has 8 aromatic carbocycles. The molecule has 0 aliphatic heterocycles. The molecule has 95 heavy (non-hydrogen) atoms. The Morgan fingerprint density at radius 3 is 1.36 bits per heavy atom. The number of halogens is 6. The maximum Gasteiger partial charge on any atom is 0.411 e. The lowest BCUT2D eigenvalue weighted by Gasteiger charge is -2.38. The highest BCUT2D eigenvalue weighted by Gasteiger charge is 2.72. The van der Waals surface area contributed by atoms with Crippen molar-refractivity contribution in [2.45, 2.75) is 77.7 Å². The number of hydrogen-bond acceptors (Lipinski definition) is 25. The highest BCUT2D eigenvalue weighted by molar-refractivity contribution is 7.95. The third kappa shape index (κ3) is 17.2. The van der Waals surface area contributed by atoms with Crippen molar-refractivity contribution >= 4 is 82.1 Å². The van der Waals surface area contributed by atoms with Gasteiger partial charge >= 0.3 is 12.4 Å². The Hall–Kier alpha value is -7.42. The predicted molar refractivity (Wildman–Crippen MR) is 321 cm³/mol. The Balaban J connectivity index is 0.000000273. The second-order valence-electron chi connectivity index (χ2n) is 19.3. The number of sulfone groups is 1. The maximum absolute atomic E-state index is 14.7. The van der Waals surface area contributed by atoms with E-state index in [1.54, 1.807) is 45.0 Å². The Bertz CT molecular complexity index is 4620.